The first kappa shape index (κ1) is 21.8. The van der Waals surface area contributed by atoms with Crippen molar-refractivity contribution >= 4 is 17.6 Å². The first-order valence-electron chi connectivity index (χ1n) is 12.1. The fraction of sp³-hybridized carbons (Fsp3) is 0.462. The van der Waals surface area contributed by atoms with Gasteiger partial charge in [-0.15, -0.1) is 0 Å². The predicted octanol–water partition coefficient (Wildman–Crippen LogP) is 2.47. The molecule has 0 unspecified atom stereocenters. The lowest BCUT2D eigenvalue weighted by Gasteiger charge is -2.34. The molecule has 0 spiro atoms. The molecule has 3 heterocycles. The Bertz CT molecular complexity index is 984. The standard InChI is InChI=1S/C26H33N5O2/c32-25(31-14-9-20-3-1-2-4-22(20)19-31)21-5-7-24(8-6-21)29-15-10-23(11-16-29)27-12-17-30-18-13-28-26(30)33/h1-8,23,27H,9-19H2,(H,28,33). The van der Waals surface area contributed by atoms with Crippen molar-refractivity contribution in [2.75, 3.05) is 50.7 Å². The molecule has 33 heavy (non-hydrogen) atoms. The van der Waals surface area contributed by atoms with E-state index in [1.54, 1.807) is 0 Å². The van der Waals surface area contributed by atoms with Crippen LogP contribution in [0.25, 0.3) is 0 Å². The number of anilines is 1. The lowest BCUT2D eigenvalue weighted by atomic mass is 9.99. The Balaban J connectivity index is 1.09. The third-order valence-corrected chi connectivity index (χ3v) is 7.15. The molecule has 3 amide bonds. The zero-order valence-corrected chi connectivity index (χ0v) is 19.1. The minimum absolute atomic E-state index is 0.0543. The summed E-state index contributed by atoms with van der Waals surface area (Å²) in [4.78, 5) is 30.9. The van der Waals surface area contributed by atoms with Crippen LogP contribution in [0, 0.1) is 0 Å². The summed E-state index contributed by atoms with van der Waals surface area (Å²) in [6.45, 7) is 6.65. The third kappa shape index (κ3) is 4.98. The van der Waals surface area contributed by atoms with Crippen LogP contribution >= 0.6 is 0 Å². The summed E-state index contributed by atoms with van der Waals surface area (Å²) in [5.41, 5.74) is 4.56. The Hall–Kier alpha value is -3.06. The maximum Gasteiger partial charge on any atom is 0.317 e. The molecule has 174 valence electrons. The first-order valence-corrected chi connectivity index (χ1v) is 12.1. The second-order valence-electron chi connectivity index (χ2n) is 9.23. The number of nitrogens with one attached hydrogen (secondary N) is 2. The van der Waals surface area contributed by atoms with Gasteiger partial charge in [-0.2, -0.15) is 0 Å². The molecular weight excluding hydrogens is 414 g/mol. The van der Waals surface area contributed by atoms with Gasteiger partial charge in [-0.3, -0.25) is 4.79 Å². The number of fused-ring (bicyclic) bond motifs is 1. The molecule has 2 aromatic carbocycles. The van der Waals surface area contributed by atoms with Crippen molar-refractivity contribution in [1.29, 1.82) is 0 Å². The average Bonchev–Trinajstić information content (AvgIpc) is 3.28. The Kier molecular flexibility index (Phi) is 6.48. The number of carbonyl (C=O) groups excluding carboxylic acids is 2. The Morgan fingerprint density at radius 1 is 0.970 bits per heavy atom. The molecule has 7 heteroatoms. The highest BCUT2D eigenvalue weighted by Gasteiger charge is 2.23. The van der Waals surface area contributed by atoms with Crippen LogP contribution in [0.5, 0.6) is 0 Å². The molecule has 0 atom stereocenters. The van der Waals surface area contributed by atoms with Gasteiger partial charge in [0.2, 0.25) is 0 Å². The second kappa shape index (κ2) is 9.83. The quantitative estimate of drug-likeness (QED) is 0.714. The first-order chi connectivity index (χ1) is 16.2. The summed E-state index contributed by atoms with van der Waals surface area (Å²) in [6, 6.07) is 17.1. The van der Waals surface area contributed by atoms with Crippen LogP contribution in [-0.2, 0) is 13.0 Å². The van der Waals surface area contributed by atoms with E-state index in [9.17, 15) is 9.59 Å². The molecular formula is C26H33N5O2. The molecule has 7 nitrogen and oxygen atoms in total. The monoisotopic (exact) mass is 447 g/mol. The van der Waals surface area contributed by atoms with Gasteiger partial charge in [0.1, 0.15) is 0 Å². The summed E-state index contributed by atoms with van der Waals surface area (Å²) < 4.78 is 0. The van der Waals surface area contributed by atoms with E-state index in [1.165, 1.54) is 16.8 Å². The van der Waals surface area contributed by atoms with E-state index in [-0.39, 0.29) is 11.9 Å². The molecule has 2 N–H and O–H groups in total. The van der Waals surface area contributed by atoms with Crippen LogP contribution in [0.15, 0.2) is 48.5 Å². The lowest BCUT2D eigenvalue weighted by Crippen LogP contribution is -2.45. The van der Waals surface area contributed by atoms with Gasteiger partial charge < -0.3 is 25.3 Å². The van der Waals surface area contributed by atoms with Gasteiger partial charge in [-0.05, 0) is 54.7 Å². The minimum Gasteiger partial charge on any atom is -0.371 e. The molecule has 0 bridgehead atoms. The number of hydrogen-bond acceptors (Lipinski definition) is 4. The van der Waals surface area contributed by atoms with Gasteiger partial charge in [0.15, 0.2) is 0 Å². The van der Waals surface area contributed by atoms with E-state index >= 15 is 0 Å². The van der Waals surface area contributed by atoms with E-state index in [0.29, 0.717) is 12.6 Å². The van der Waals surface area contributed by atoms with Gasteiger partial charge in [0.25, 0.3) is 5.91 Å². The Labute approximate surface area is 195 Å². The number of hydrogen-bond donors (Lipinski definition) is 2. The van der Waals surface area contributed by atoms with Gasteiger partial charge in [0.05, 0.1) is 0 Å². The lowest BCUT2D eigenvalue weighted by molar-refractivity contribution is 0.0734. The average molecular weight is 448 g/mol. The van der Waals surface area contributed by atoms with E-state index in [2.05, 4.69) is 45.9 Å². The molecule has 3 aliphatic heterocycles. The number of rotatable bonds is 6. The molecule has 0 aliphatic carbocycles. The van der Waals surface area contributed by atoms with Gasteiger partial charge >= 0.3 is 6.03 Å². The van der Waals surface area contributed by atoms with Crippen LogP contribution in [-0.4, -0.2) is 73.6 Å². The zero-order valence-electron chi connectivity index (χ0n) is 19.1. The second-order valence-corrected chi connectivity index (χ2v) is 9.23. The Morgan fingerprint density at radius 3 is 2.45 bits per heavy atom. The highest BCUT2D eigenvalue weighted by atomic mass is 16.2. The normalized spacial score (nSPS) is 18.9. The zero-order chi connectivity index (χ0) is 22.6. The minimum atomic E-state index is 0.0543. The van der Waals surface area contributed by atoms with Crippen molar-refractivity contribution in [3.05, 3.63) is 65.2 Å². The van der Waals surface area contributed by atoms with Gasteiger partial charge in [-0.25, -0.2) is 4.79 Å². The van der Waals surface area contributed by atoms with Crippen molar-refractivity contribution in [3.63, 3.8) is 0 Å². The number of benzene rings is 2. The van der Waals surface area contributed by atoms with Crippen molar-refractivity contribution in [2.24, 2.45) is 0 Å². The topological polar surface area (TPSA) is 67.9 Å². The smallest absolute Gasteiger partial charge is 0.317 e. The third-order valence-electron chi connectivity index (χ3n) is 7.15. The fourth-order valence-electron chi connectivity index (χ4n) is 5.14. The van der Waals surface area contributed by atoms with Crippen molar-refractivity contribution in [1.82, 2.24) is 20.4 Å². The molecule has 0 saturated carbocycles. The summed E-state index contributed by atoms with van der Waals surface area (Å²) in [5, 5.41) is 6.45. The molecule has 0 radical (unpaired) electrons. The van der Waals surface area contributed by atoms with E-state index in [1.807, 2.05) is 28.0 Å². The van der Waals surface area contributed by atoms with Crippen molar-refractivity contribution < 1.29 is 9.59 Å². The fourth-order valence-corrected chi connectivity index (χ4v) is 5.14. The summed E-state index contributed by atoms with van der Waals surface area (Å²) in [5.74, 6) is 0.116. The molecule has 2 fully saturated rings. The van der Waals surface area contributed by atoms with Gasteiger partial charge in [-0.1, -0.05) is 24.3 Å². The van der Waals surface area contributed by atoms with Crippen LogP contribution < -0.4 is 15.5 Å². The van der Waals surface area contributed by atoms with E-state index in [0.717, 1.165) is 70.6 Å². The summed E-state index contributed by atoms with van der Waals surface area (Å²) >= 11 is 0. The number of nitrogens with zero attached hydrogens (tertiary/aromatic N) is 3. The maximum absolute atomic E-state index is 13.0. The number of carbonyl (C=O) groups is 2. The van der Waals surface area contributed by atoms with Crippen LogP contribution in [0.1, 0.15) is 34.3 Å². The molecule has 5 rings (SSSR count). The van der Waals surface area contributed by atoms with E-state index < -0.39 is 0 Å². The highest BCUT2D eigenvalue weighted by Crippen LogP contribution is 2.23. The highest BCUT2D eigenvalue weighted by molar-refractivity contribution is 5.94. The van der Waals surface area contributed by atoms with E-state index in [4.69, 9.17) is 0 Å². The molecule has 2 aromatic rings. The maximum atomic E-state index is 13.0. The van der Waals surface area contributed by atoms with Gasteiger partial charge in [0, 0.05) is 69.7 Å². The molecule has 3 aliphatic rings. The Morgan fingerprint density at radius 2 is 1.73 bits per heavy atom. The molecule has 2 saturated heterocycles. The number of urea groups is 1. The number of amides is 3. The van der Waals surface area contributed by atoms with Crippen LogP contribution in [0.4, 0.5) is 10.5 Å². The number of piperidine rings is 1. The van der Waals surface area contributed by atoms with Crippen molar-refractivity contribution in [3.8, 4) is 0 Å². The van der Waals surface area contributed by atoms with Crippen LogP contribution in [0.3, 0.4) is 0 Å². The molecule has 0 aromatic heterocycles. The van der Waals surface area contributed by atoms with Crippen molar-refractivity contribution in [2.45, 2.75) is 31.8 Å². The largest absolute Gasteiger partial charge is 0.371 e. The summed E-state index contributed by atoms with van der Waals surface area (Å²) in [7, 11) is 0. The van der Waals surface area contributed by atoms with Crippen LogP contribution in [0.2, 0.25) is 0 Å². The summed E-state index contributed by atoms with van der Waals surface area (Å²) in [6.07, 6.45) is 3.09. The predicted molar refractivity (Wildman–Crippen MR) is 130 cm³/mol. The SMILES string of the molecule is O=C1NCCN1CCNC1CCN(c2ccc(C(=O)N3CCc4ccccc4C3)cc2)CC1.